The first kappa shape index (κ1) is 16.7. The lowest BCUT2D eigenvalue weighted by Gasteiger charge is -2.33. The number of rotatable bonds is 4. The Morgan fingerprint density at radius 3 is 2.83 bits per heavy atom. The number of fused-ring (bicyclic) bond motifs is 1. The quantitative estimate of drug-likeness (QED) is 0.843. The molecule has 1 N–H and O–H groups in total. The summed E-state index contributed by atoms with van der Waals surface area (Å²) >= 11 is 0. The Balaban J connectivity index is 1.86. The van der Waals surface area contributed by atoms with Gasteiger partial charge in [-0.15, -0.1) is 0 Å². The molecular weight excluding hydrogens is 334 g/mol. The minimum absolute atomic E-state index is 0.166. The first-order valence-corrected chi connectivity index (χ1v) is 9.34. The number of sulfonamides is 1. The Labute approximate surface area is 139 Å². The number of aryl methyl sites for hydroxylation is 2. The van der Waals surface area contributed by atoms with Gasteiger partial charge in [0, 0.05) is 19.3 Å². The molecule has 0 saturated heterocycles. The van der Waals surface area contributed by atoms with Crippen LogP contribution < -0.4 is 4.72 Å². The van der Waals surface area contributed by atoms with Crippen molar-refractivity contribution in [1.82, 2.24) is 24.6 Å². The van der Waals surface area contributed by atoms with E-state index in [2.05, 4.69) is 15.0 Å². The number of carbonyl (C=O) groups is 1. The van der Waals surface area contributed by atoms with Crippen LogP contribution in [0.1, 0.15) is 33.5 Å². The van der Waals surface area contributed by atoms with Gasteiger partial charge in [0.1, 0.15) is 11.3 Å². The summed E-state index contributed by atoms with van der Waals surface area (Å²) in [5.74, 6) is 0.297. The topological polar surface area (TPSA) is 110 Å². The van der Waals surface area contributed by atoms with E-state index < -0.39 is 10.0 Å². The molecular formula is C14H19N5O4S. The molecule has 0 aromatic carbocycles. The van der Waals surface area contributed by atoms with Crippen LogP contribution in [0.15, 0.2) is 16.8 Å². The van der Waals surface area contributed by atoms with E-state index in [1.807, 2.05) is 6.07 Å². The number of nitrogens with zero attached hydrogens (tertiary/aromatic N) is 4. The molecule has 0 saturated carbocycles. The Morgan fingerprint density at radius 1 is 1.46 bits per heavy atom. The lowest BCUT2D eigenvalue weighted by Crippen LogP contribution is -2.45. The lowest BCUT2D eigenvalue weighted by molar-refractivity contribution is 0.0669. The van der Waals surface area contributed by atoms with Gasteiger partial charge in [-0.2, -0.15) is 5.10 Å². The van der Waals surface area contributed by atoms with Gasteiger partial charge in [0.05, 0.1) is 30.2 Å². The lowest BCUT2D eigenvalue weighted by atomic mass is 10.1. The van der Waals surface area contributed by atoms with E-state index in [-0.39, 0.29) is 18.5 Å². The van der Waals surface area contributed by atoms with Crippen LogP contribution >= 0.6 is 0 Å². The predicted molar refractivity (Wildman–Crippen MR) is 84.8 cm³/mol. The van der Waals surface area contributed by atoms with Crippen LogP contribution in [-0.2, 0) is 16.6 Å². The summed E-state index contributed by atoms with van der Waals surface area (Å²) in [5.41, 5.74) is 1.85. The zero-order chi connectivity index (χ0) is 17.5. The highest BCUT2D eigenvalue weighted by molar-refractivity contribution is 7.88. The van der Waals surface area contributed by atoms with Crippen LogP contribution in [0.2, 0.25) is 0 Å². The van der Waals surface area contributed by atoms with Gasteiger partial charge in [-0.1, -0.05) is 5.16 Å². The van der Waals surface area contributed by atoms with Crippen molar-refractivity contribution in [2.45, 2.75) is 26.4 Å². The van der Waals surface area contributed by atoms with Crippen LogP contribution in [-0.4, -0.2) is 53.5 Å². The predicted octanol–water partition coefficient (Wildman–Crippen LogP) is 0.234. The molecule has 2 aromatic rings. The molecule has 0 radical (unpaired) electrons. The summed E-state index contributed by atoms with van der Waals surface area (Å²) in [6.07, 6.45) is 2.75. The van der Waals surface area contributed by atoms with Crippen molar-refractivity contribution in [3.63, 3.8) is 0 Å². The minimum atomic E-state index is -3.32. The van der Waals surface area contributed by atoms with Gasteiger partial charge in [-0.25, -0.2) is 13.1 Å². The highest BCUT2D eigenvalue weighted by Gasteiger charge is 2.31. The fourth-order valence-corrected chi connectivity index (χ4v) is 3.38. The molecule has 1 unspecified atom stereocenters. The van der Waals surface area contributed by atoms with E-state index >= 15 is 0 Å². The van der Waals surface area contributed by atoms with Crippen molar-refractivity contribution in [1.29, 1.82) is 0 Å². The molecule has 0 bridgehead atoms. The van der Waals surface area contributed by atoms with Crippen LogP contribution in [0.3, 0.4) is 0 Å². The number of nitrogens with one attached hydrogen (secondary N) is 1. The normalized spacial score (nSPS) is 17.8. The maximum absolute atomic E-state index is 12.8. The first-order valence-electron chi connectivity index (χ1n) is 7.45. The van der Waals surface area contributed by atoms with Crippen molar-refractivity contribution in [2.24, 2.45) is 0 Å². The highest BCUT2D eigenvalue weighted by Crippen LogP contribution is 2.23. The van der Waals surface area contributed by atoms with E-state index in [9.17, 15) is 13.2 Å². The highest BCUT2D eigenvalue weighted by atomic mass is 32.2. The summed E-state index contributed by atoms with van der Waals surface area (Å²) in [7, 11) is -3.32. The molecule has 130 valence electrons. The molecule has 3 heterocycles. The van der Waals surface area contributed by atoms with Crippen LogP contribution in [0, 0.1) is 13.8 Å². The standard InChI is InChI=1S/C14H19N5O4S/c1-9-13(10(2)23-17-9)14(20)18-7-11-4-5-15-19(11)12(8-18)6-16-24(3,21)22/h4-5,12,16H,6-8H2,1-3H3. The Kier molecular flexibility index (Phi) is 4.18. The molecule has 24 heavy (non-hydrogen) atoms. The second kappa shape index (κ2) is 6.02. The van der Waals surface area contributed by atoms with Crippen molar-refractivity contribution in [3.8, 4) is 0 Å². The van der Waals surface area contributed by atoms with Gasteiger partial charge >= 0.3 is 0 Å². The molecule has 1 aliphatic rings. The maximum atomic E-state index is 12.8. The van der Waals surface area contributed by atoms with Gasteiger partial charge in [0.25, 0.3) is 5.91 Å². The molecule has 0 aliphatic carbocycles. The molecule has 9 nitrogen and oxygen atoms in total. The number of hydrogen-bond donors (Lipinski definition) is 1. The Morgan fingerprint density at radius 2 is 2.21 bits per heavy atom. The molecule has 10 heteroatoms. The number of hydrogen-bond acceptors (Lipinski definition) is 6. The molecule has 1 aliphatic heterocycles. The Hall–Kier alpha value is -2.20. The average molecular weight is 353 g/mol. The smallest absolute Gasteiger partial charge is 0.259 e. The molecule has 0 spiro atoms. The SMILES string of the molecule is Cc1noc(C)c1C(=O)N1Cc2ccnn2C(CNS(C)(=O)=O)C1. The van der Waals surface area contributed by atoms with Crippen LogP contribution in [0.25, 0.3) is 0 Å². The zero-order valence-corrected chi connectivity index (χ0v) is 14.5. The van der Waals surface area contributed by atoms with Gasteiger partial charge in [0.15, 0.2) is 0 Å². The minimum Gasteiger partial charge on any atom is -0.361 e. The van der Waals surface area contributed by atoms with Crippen molar-refractivity contribution < 1.29 is 17.7 Å². The van der Waals surface area contributed by atoms with Crippen LogP contribution in [0.5, 0.6) is 0 Å². The largest absolute Gasteiger partial charge is 0.361 e. The monoisotopic (exact) mass is 353 g/mol. The summed E-state index contributed by atoms with van der Waals surface area (Å²) < 4.78 is 32.1. The summed E-state index contributed by atoms with van der Waals surface area (Å²) in [5, 5.41) is 8.07. The second-order valence-corrected chi connectivity index (χ2v) is 7.76. The maximum Gasteiger partial charge on any atom is 0.259 e. The molecule has 3 rings (SSSR count). The first-order chi connectivity index (χ1) is 11.3. The van der Waals surface area contributed by atoms with Gasteiger partial charge in [0.2, 0.25) is 10.0 Å². The Bertz CT molecular complexity index is 850. The van der Waals surface area contributed by atoms with E-state index in [0.717, 1.165) is 11.9 Å². The van der Waals surface area contributed by atoms with E-state index in [0.29, 0.717) is 30.1 Å². The van der Waals surface area contributed by atoms with Gasteiger partial charge in [-0.05, 0) is 19.9 Å². The van der Waals surface area contributed by atoms with E-state index in [1.54, 1.807) is 29.6 Å². The summed E-state index contributed by atoms with van der Waals surface area (Å²) in [6.45, 7) is 4.34. The van der Waals surface area contributed by atoms with Crippen LogP contribution in [0.4, 0.5) is 0 Å². The molecule has 1 atom stereocenters. The third kappa shape index (κ3) is 3.20. The fourth-order valence-electron chi connectivity index (χ4n) is 2.89. The fraction of sp³-hybridized carbons (Fsp3) is 0.500. The third-order valence-corrected chi connectivity index (χ3v) is 4.69. The van der Waals surface area contributed by atoms with Crippen molar-refractivity contribution in [3.05, 3.63) is 35.0 Å². The zero-order valence-electron chi connectivity index (χ0n) is 13.7. The van der Waals surface area contributed by atoms with Crippen molar-refractivity contribution >= 4 is 15.9 Å². The number of amides is 1. The number of aromatic nitrogens is 3. The second-order valence-electron chi connectivity index (χ2n) is 5.93. The number of carbonyl (C=O) groups excluding carboxylic acids is 1. The van der Waals surface area contributed by atoms with E-state index in [4.69, 9.17) is 4.52 Å². The van der Waals surface area contributed by atoms with Gasteiger partial charge in [-0.3, -0.25) is 9.48 Å². The van der Waals surface area contributed by atoms with E-state index in [1.165, 1.54) is 0 Å². The molecule has 1 amide bonds. The molecule has 0 fully saturated rings. The van der Waals surface area contributed by atoms with Gasteiger partial charge < -0.3 is 9.42 Å². The molecule has 2 aromatic heterocycles. The summed E-state index contributed by atoms with van der Waals surface area (Å²) in [4.78, 5) is 14.5. The summed E-state index contributed by atoms with van der Waals surface area (Å²) in [6, 6.07) is 1.54. The average Bonchev–Trinajstić information content (AvgIpc) is 3.10. The van der Waals surface area contributed by atoms with Crippen molar-refractivity contribution in [2.75, 3.05) is 19.3 Å². The third-order valence-electron chi connectivity index (χ3n) is 4.00.